The number of fused-ring (bicyclic) bond motifs is 1. The number of aromatic nitrogens is 2. The maximum Gasteiger partial charge on any atom is 0.255 e. The third kappa shape index (κ3) is 4.41. The molecule has 6 rings (SSSR count). The lowest BCUT2D eigenvalue weighted by molar-refractivity contribution is -0.136. The maximum atomic E-state index is 13.0. The number of hydrogen-bond donors (Lipinski definition) is 1. The summed E-state index contributed by atoms with van der Waals surface area (Å²) in [4.78, 5) is 40.8. The van der Waals surface area contributed by atoms with Crippen molar-refractivity contribution in [2.75, 3.05) is 13.1 Å². The molecule has 4 aliphatic rings. The van der Waals surface area contributed by atoms with Crippen molar-refractivity contribution in [1.82, 2.24) is 25.3 Å². The topological polar surface area (TPSA) is 114 Å². The van der Waals surface area contributed by atoms with Gasteiger partial charge in [-0.15, -0.1) is 5.10 Å². The van der Waals surface area contributed by atoms with Crippen LogP contribution in [0.15, 0.2) is 36.5 Å². The van der Waals surface area contributed by atoms with E-state index in [9.17, 15) is 14.4 Å². The third-order valence-corrected chi connectivity index (χ3v) is 7.63. The van der Waals surface area contributed by atoms with Gasteiger partial charge >= 0.3 is 0 Å². The number of ether oxygens (including phenoxy) is 2. The molecule has 10 nitrogen and oxygen atoms in total. The van der Waals surface area contributed by atoms with Crippen molar-refractivity contribution < 1.29 is 23.9 Å². The second kappa shape index (κ2) is 9.50. The molecule has 1 aromatic carbocycles. The van der Waals surface area contributed by atoms with Crippen LogP contribution in [0.25, 0.3) is 0 Å². The normalized spacial score (nSPS) is 26.8. The number of amides is 3. The average molecular weight is 492 g/mol. The van der Waals surface area contributed by atoms with Gasteiger partial charge in [-0.05, 0) is 55.5 Å². The molecule has 10 heteroatoms. The highest BCUT2D eigenvalue weighted by atomic mass is 16.5. The van der Waals surface area contributed by atoms with E-state index in [0.29, 0.717) is 30.5 Å². The number of carbonyl (C=O) groups is 3. The van der Waals surface area contributed by atoms with Gasteiger partial charge in [-0.2, -0.15) is 5.10 Å². The molecule has 1 saturated carbocycles. The highest BCUT2D eigenvalue weighted by Gasteiger charge is 2.41. The molecule has 3 atom stereocenters. The van der Waals surface area contributed by atoms with Crippen molar-refractivity contribution >= 4 is 17.7 Å². The van der Waals surface area contributed by atoms with Crippen LogP contribution in [-0.4, -0.2) is 75.1 Å². The summed E-state index contributed by atoms with van der Waals surface area (Å²) in [7, 11) is 0. The molecule has 2 aromatic rings. The van der Waals surface area contributed by atoms with E-state index >= 15 is 0 Å². The molecule has 1 aliphatic carbocycles. The minimum atomic E-state index is -0.613. The molecule has 2 unspecified atom stereocenters. The smallest absolute Gasteiger partial charge is 0.255 e. The number of benzene rings is 1. The first-order valence-electron chi connectivity index (χ1n) is 12.7. The molecular formula is C26H29N5O5. The first-order valence-corrected chi connectivity index (χ1v) is 12.7. The Morgan fingerprint density at radius 1 is 1.00 bits per heavy atom. The van der Waals surface area contributed by atoms with Gasteiger partial charge in [-0.1, -0.05) is 6.42 Å². The maximum absolute atomic E-state index is 13.0. The molecule has 3 amide bonds. The quantitative estimate of drug-likeness (QED) is 0.608. The Labute approximate surface area is 208 Å². The van der Waals surface area contributed by atoms with Crippen LogP contribution in [0.4, 0.5) is 0 Å². The summed E-state index contributed by atoms with van der Waals surface area (Å²) in [5.74, 6) is 0.447. The number of carbonyl (C=O) groups excluding carboxylic acids is 3. The standard InChI is InChI=1S/C26H29N5O5/c32-23-10-9-21(25(33)28-23)31-13-16-12-17(7-8-19(16)26(31)34)35-22-5-2-1-4-20(22)30-14-18(15-30)36-24-6-3-11-27-29-24/h3,6-8,11-12,18,20-22H,1-2,4-5,9-10,13-15H2,(H,28,32,33)/t20-,21?,22?/m1/s1. The van der Waals surface area contributed by atoms with Crippen molar-refractivity contribution in [1.29, 1.82) is 0 Å². The van der Waals surface area contributed by atoms with Gasteiger partial charge in [0, 0.05) is 49.9 Å². The predicted octanol–water partition coefficient (Wildman–Crippen LogP) is 1.69. The van der Waals surface area contributed by atoms with E-state index in [2.05, 4.69) is 20.4 Å². The van der Waals surface area contributed by atoms with E-state index in [1.54, 1.807) is 17.2 Å². The van der Waals surface area contributed by atoms with E-state index in [1.165, 1.54) is 6.42 Å². The third-order valence-electron chi connectivity index (χ3n) is 7.63. The van der Waals surface area contributed by atoms with Crippen LogP contribution < -0.4 is 14.8 Å². The average Bonchev–Trinajstić information content (AvgIpc) is 3.18. The minimum absolute atomic E-state index is 0.0672. The number of nitrogens with zero attached hydrogens (tertiary/aromatic N) is 4. The molecule has 0 spiro atoms. The summed E-state index contributed by atoms with van der Waals surface area (Å²) >= 11 is 0. The Kier molecular flexibility index (Phi) is 6.04. The number of imide groups is 1. The Hall–Kier alpha value is -3.53. The second-order valence-electron chi connectivity index (χ2n) is 9.98. The number of nitrogens with one attached hydrogen (secondary N) is 1. The van der Waals surface area contributed by atoms with Crippen LogP contribution in [-0.2, 0) is 16.1 Å². The largest absolute Gasteiger partial charge is 0.489 e. The predicted molar refractivity (Wildman–Crippen MR) is 127 cm³/mol. The molecule has 1 N–H and O–H groups in total. The summed E-state index contributed by atoms with van der Waals surface area (Å²) in [6, 6.07) is 8.92. The van der Waals surface area contributed by atoms with Crippen molar-refractivity contribution in [3.8, 4) is 11.6 Å². The van der Waals surface area contributed by atoms with Gasteiger partial charge in [0.05, 0.1) is 0 Å². The van der Waals surface area contributed by atoms with Crippen LogP contribution in [0.2, 0.25) is 0 Å². The van der Waals surface area contributed by atoms with Crippen molar-refractivity contribution in [3.63, 3.8) is 0 Å². The first-order chi connectivity index (χ1) is 17.5. The van der Waals surface area contributed by atoms with Gasteiger partial charge in [0.15, 0.2) is 0 Å². The van der Waals surface area contributed by atoms with Gasteiger partial charge in [-0.3, -0.25) is 24.6 Å². The molecular weight excluding hydrogens is 462 g/mol. The Bertz CT molecular complexity index is 1170. The highest BCUT2D eigenvalue weighted by molar-refractivity contribution is 6.05. The molecule has 2 saturated heterocycles. The van der Waals surface area contributed by atoms with Crippen LogP contribution in [0.3, 0.4) is 0 Å². The molecule has 188 valence electrons. The van der Waals surface area contributed by atoms with Crippen LogP contribution >= 0.6 is 0 Å². The second-order valence-corrected chi connectivity index (χ2v) is 9.98. The van der Waals surface area contributed by atoms with Crippen LogP contribution in [0.1, 0.15) is 54.4 Å². The van der Waals surface area contributed by atoms with E-state index in [4.69, 9.17) is 9.47 Å². The SMILES string of the molecule is O=C1CCC(N2Cc3cc(OC4CCCC[C@H]4N4CC(Oc5cccnn5)C4)ccc3C2=O)C(=O)N1. The van der Waals surface area contributed by atoms with Crippen molar-refractivity contribution in [2.45, 2.75) is 69.4 Å². The Morgan fingerprint density at radius 2 is 1.86 bits per heavy atom. The lowest BCUT2D eigenvalue weighted by atomic mass is 9.89. The summed E-state index contributed by atoms with van der Waals surface area (Å²) < 4.78 is 12.4. The molecule has 1 aromatic heterocycles. The van der Waals surface area contributed by atoms with E-state index in [1.807, 2.05) is 24.3 Å². The first kappa shape index (κ1) is 22.9. The Balaban J connectivity index is 1.09. The fraction of sp³-hybridized carbons (Fsp3) is 0.500. The lowest BCUT2D eigenvalue weighted by Gasteiger charge is -2.47. The van der Waals surface area contributed by atoms with E-state index < -0.39 is 11.9 Å². The van der Waals surface area contributed by atoms with Gasteiger partial charge in [0.2, 0.25) is 17.7 Å². The molecule has 4 heterocycles. The fourth-order valence-electron chi connectivity index (χ4n) is 5.77. The summed E-state index contributed by atoms with van der Waals surface area (Å²) in [5.41, 5.74) is 1.45. The molecule has 3 fully saturated rings. The van der Waals surface area contributed by atoms with Crippen molar-refractivity contribution in [2.24, 2.45) is 0 Å². The monoisotopic (exact) mass is 491 g/mol. The minimum Gasteiger partial charge on any atom is -0.489 e. The van der Waals surface area contributed by atoms with Crippen LogP contribution in [0, 0.1) is 0 Å². The zero-order valence-electron chi connectivity index (χ0n) is 20.0. The summed E-state index contributed by atoms with van der Waals surface area (Å²) in [5, 5.41) is 10.2. The zero-order chi connectivity index (χ0) is 24.6. The van der Waals surface area contributed by atoms with Gasteiger partial charge < -0.3 is 14.4 Å². The number of rotatable bonds is 6. The number of hydrogen-bond acceptors (Lipinski definition) is 8. The molecule has 3 aliphatic heterocycles. The van der Waals surface area contributed by atoms with Crippen molar-refractivity contribution in [3.05, 3.63) is 47.7 Å². The summed E-state index contributed by atoms with van der Waals surface area (Å²) in [6.07, 6.45) is 6.77. The molecule has 0 bridgehead atoms. The lowest BCUT2D eigenvalue weighted by Crippen LogP contribution is -2.62. The highest BCUT2D eigenvalue weighted by Crippen LogP contribution is 2.34. The van der Waals surface area contributed by atoms with Gasteiger partial charge in [-0.25, -0.2) is 0 Å². The molecule has 0 radical (unpaired) electrons. The van der Waals surface area contributed by atoms with Gasteiger partial charge in [0.1, 0.15) is 24.0 Å². The van der Waals surface area contributed by atoms with Gasteiger partial charge in [0.25, 0.3) is 5.91 Å². The van der Waals surface area contributed by atoms with E-state index in [0.717, 1.165) is 43.7 Å². The van der Waals surface area contributed by atoms with E-state index in [-0.39, 0.29) is 30.4 Å². The summed E-state index contributed by atoms with van der Waals surface area (Å²) in [6.45, 7) is 2.01. The van der Waals surface area contributed by atoms with Crippen LogP contribution in [0.5, 0.6) is 11.6 Å². The Morgan fingerprint density at radius 3 is 2.67 bits per heavy atom. The zero-order valence-corrected chi connectivity index (χ0v) is 20.0. The number of likely N-dealkylation sites (tertiary alicyclic amines) is 1. The fourth-order valence-corrected chi connectivity index (χ4v) is 5.77. The molecule has 36 heavy (non-hydrogen) atoms. The number of piperidine rings is 1.